The third kappa shape index (κ3) is 3.56. The van der Waals surface area contributed by atoms with E-state index in [1.54, 1.807) is 0 Å². The number of benzene rings is 1. The highest BCUT2D eigenvalue weighted by Gasteiger charge is 2.31. The molecule has 2 aromatic rings. The first kappa shape index (κ1) is 17.5. The summed E-state index contributed by atoms with van der Waals surface area (Å²) in [5.74, 6) is -4.15. The lowest BCUT2D eigenvalue weighted by Crippen LogP contribution is -2.23. The van der Waals surface area contributed by atoms with Crippen molar-refractivity contribution in [3.63, 3.8) is 0 Å². The normalized spacial score (nSPS) is 18.2. The zero-order valence-electron chi connectivity index (χ0n) is 14.1. The van der Waals surface area contributed by atoms with Gasteiger partial charge >= 0.3 is 0 Å². The van der Waals surface area contributed by atoms with E-state index < -0.39 is 35.3 Å². The molecular formula is C18H20F3N3O. The summed E-state index contributed by atoms with van der Waals surface area (Å²) in [6, 6.07) is 9.32. The molecule has 1 aromatic heterocycles. The maximum absolute atomic E-state index is 14.7. The number of halogens is 3. The highest BCUT2D eigenvalue weighted by atomic mass is 19.2. The fourth-order valence-electron chi connectivity index (χ4n) is 3.09. The number of nitrogens with zero attached hydrogens (tertiary/aromatic N) is 2. The molecule has 0 bridgehead atoms. The van der Waals surface area contributed by atoms with Crippen LogP contribution in [0.4, 0.5) is 18.9 Å². The van der Waals surface area contributed by atoms with Gasteiger partial charge < -0.3 is 15.0 Å². The summed E-state index contributed by atoms with van der Waals surface area (Å²) in [6.07, 6.45) is 0.337. The number of rotatable bonds is 5. The van der Waals surface area contributed by atoms with Crippen LogP contribution in [0, 0.1) is 23.5 Å². The second-order valence-corrected chi connectivity index (χ2v) is 6.28. The zero-order valence-corrected chi connectivity index (χ0v) is 14.1. The summed E-state index contributed by atoms with van der Waals surface area (Å²) in [7, 11) is 2.86. The molecule has 1 aliphatic heterocycles. The average molecular weight is 351 g/mol. The van der Waals surface area contributed by atoms with Crippen molar-refractivity contribution in [3.8, 4) is 5.88 Å². The van der Waals surface area contributed by atoms with E-state index in [1.165, 1.54) is 14.1 Å². The number of aromatic nitrogens is 1. The predicted octanol–water partition coefficient (Wildman–Crippen LogP) is 3.29. The molecule has 0 saturated carbocycles. The van der Waals surface area contributed by atoms with Crippen LogP contribution in [0.1, 0.15) is 18.1 Å². The van der Waals surface area contributed by atoms with Crippen molar-refractivity contribution in [2.24, 2.45) is 5.92 Å². The van der Waals surface area contributed by atoms with Crippen molar-refractivity contribution in [1.29, 1.82) is 0 Å². The Kier molecular flexibility index (Phi) is 5.13. The van der Waals surface area contributed by atoms with Gasteiger partial charge in [-0.05, 0) is 18.5 Å². The number of nitrogens with one attached hydrogen (secondary N) is 1. The third-order valence-corrected chi connectivity index (χ3v) is 4.32. The number of anilines is 1. The van der Waals surface area contributed by atoms with E-state index in [1.807, 2.05) is 30.3 Å². The lowest BCUT2D eigenvalue weighted by Gasteiger charge is -2.25. The van der Waals surface area contributed by atoms with Crippen LogP contribution in [0.15, 0.2) is 30.3 Å². The summed E-state index contributed by atoms with van der Waals surface area (Å²) >= 11 is 0. The maximum Gasteiger partial charge on any atom is 0.256 e. The zero-order chi connectivity index (χ0) is 18.0. The van der Waals surface area contributed by atoms with Crippen molar-refractivity contribution < 1.29 is 17.9 Å². The van der Waals surface area contributed by atoms with E-state index in [0.29, 0.717) is 6.54 Å². The minimum absolute atomic E-state index is 0.0829. The lowest BCUT2D eigenvalue weighted by molar-refractivity contribution is 0.129. The molecule has 0 radical (unpaired) electrons. The van der Waals surface area contributed by atoms with Gasteiger partial charge in [0.25, 0.3) is 11.8 Å². The first-order valence-electron chi connectivity index (χ1n) is 8.13. The van der Waals surface area contributed by atoms with Crippen molar-refractivity contribution in [2.45, 2.75) is 12.5 Å². The molecule has 1 aromatic carbocycles. The fourth-order valence-corrected chi connectivity index (χ4v) is 3.09. The SMILES string of the molecule is CN(C)c1c(F)c(F)nc(O[C@H](c2ccccc2)[C@@H]2CCNC2)c1F. The number of hydrogen-bond donors (Lipinski definition) is 1. The van der Waals surface area contributed by atoms with Crippen LogP contribution in [0.5, 0.6) is 5.88 Å². The first-order valence-corrected chi connectivity index (χ1v) is 8.13. The Morgan fingerprint density at radius 3 is 2.48 bits per heavy atom. The van der Waals surface area contributed by atoms with Gasteiger partial charge in [-0.2, -0.15) is 18.2 Å². The van der Waals surface area contributed by atoms with Gasteiger partial charge in [-0.25, -0.2) is 0 Å². The molecule has 1 aliphatic rings. The van der Waals surface area contributed by atoms with Gasteiger partial charge in [-0.15, -0.1) is 0 Å². The first-order chi connectivity index (χ1) is 12.0. The van der Waals surface area contributed by atoms with Crippen LogP contribution in [-0.4, -0.2) is 32.2 Å². The van der Waals surface area contributed by atoms with E-state index >= 15 is 0 Å². The topological polar surface area (TPSA) is 37.4 Å². The van der Waals surface area contributed by atoms with Gasteiger partial charge in [0.1, 0.15) is 11.8 Å². The maximum atomic E-state index is 14.7. The van der Waals surface area contributed by atoms with Gasteiger partial charge in [0.05, 0.1) is 0 Å². The number of hydrogen-bond acceptors (Lipinski definition) is 4. The third-order valence-electron chi connectivity index (χ3n) is 4.32. The van der Waals surface area contributed by atoms with E-state index in [4.69, 9.17) is 4.74 Å². The number of ether oxygens (including phenoxy) is 1. The monoisotopic (exact) mass is 351 g/mol. The Labute approximate surface area is 144 Å². The molecule has 3 rings (SSSR count). The molecule has 2 atom stereocenters. The molecule has 1 fully saturated rings. The smallest absolute Gasteiger partial charge is 0.256 e. The quantitative estimate of drug-likeness (QED) is 0.839. The summed E-state index contributed by atoms with van der Waals surface area (Å²) in [6.45, 7) is 1.53. The van der Waals surface area contributed by atoms with Crippen LogP contribution < -0.4 is 15.0 Å². The van der Waals surface area contributed by atoms with Crippen LogP contribution in [0.25, 0.3) is 0 Å². The van der Waals surface area contributed by atoms with Crippen molar-refractivity contribution in [1.82, 2.24) is 10.3 Å². The van der Waals surface area contributed by atoms with Crippen molar-refractivity contribution in [2.75, 3.05) is 32.1 Å². The van der Waals surface area contributed by atoms with E-state index in [9.17, 15) is 13.2 Å². The second kappa shape index (κ2) is 7.31. The molecule has 0 unspecified atom stereocenters. The van der Waals surface area contributed by atoms with E-state index in [-0.39, 0.29) is 5.92 Å². The molecule has 0 spiro atoms. The van der Waals surface area contributed by atoms with Gasteiger partial charge in [-0.1, -0.05) is 30.3 Å². The molecule has 4 nitrogen and oxygen atoms in total. The number of pyridine rings is 1. The largest absolute Gasteiger partial charge is 0.467 e. The molecule has 0 amide bonds. The van der Waals surface area contributed by atoms with Crippen molar-refractivity contribution >= 4 is 5.69 Å². The Hall–Kier alpha value is -2.28. The molecule has 0 aliphatic carbocycles. The second-order valence-electron chi connectivity index (χ2n) is 6.28. The Morgan fingerprint density at radius 1 is 1.16 bits per heavy atom. The highest BCUT2D eigenvalue weighted by Crippen LogP contribution is 2.35. The Balaban J connectivity index is 2.00. The predicted molar refractivity (Wildman–Crippen MR) is 89.2 cm³/mol. The minimum atomic E-state index is -1.38. The summed E-state index contributed by atoms with van der Waals surface area (Å²) < 4.78 is 48.2. The van der Waals surface area contributed by atoms with Crippen LogP contribution in [0.3, 0.4) is 0 Å². The minimum Gasteiger partial charge on any atom is -0.467 e. The summed E-state index contributed by atoms with van der Waals surface area (Å²) in [5, 5.41) is 3.24. The molecule has 1 N–H and O–H groups in total. The van der Waals surface area contributed by atoms with Gasteiger partial charge in [0, 0.05) is 26.6 Å². The Morgan fingerprint density at radius 2 is 1.88 bits per heavy atom. The molecule has 25 heavy (non-hydrogen) atoms. The van der Waals surface area contributed by atoms with Crippen LogP contribution >= 0.6 is 0 Å². The van der Waals surface area contributed by atoms with Crippen LogP contribution in [-0.2, 0) is 0 Å². The Bertz CT molecular complexity index is 734. The molecule has 7 heteroatoms. The molecule has 134 valence electrons. The van der Waals surface area contributed by atoms with Crippen molar-refractivity contribution in [3.05, 3.63) is 53.5 Å². The summed E-state index contributed by atoms with van der Waals surface area (Å²) in [4.78, 5) is 4.53. The van der Waals surface area contributed by atoms with Gasteiger partial charge in [0.2, 0.25) is 11.6 Å². The summed E-state index contributed by atoms with van der Waals surface area (Å²) in [5.41, 5.74) is 0.340. The molecular weight excluding hydrogens is 331 g/mol. The van der Waals surface area contributed by atoms with Gasteiger partial charge in [-0.3, -0.25) is 0 Å². The highest BCUT2D eigenvalue weighted by molar-refractivity contribution is 5.50. The van der Waals surface area contributed by atoms with E-state index in [0.717, 1.165) is 23.4 Å². The lowest BCUT2D eigenvalue weighted by atomic mass is 9.95. The fraction of sp³-hybridized carbons (Fsp3) is 0.389. The standard InChI is InChI=1S/C18H20F3N3O/c1-24(2)15-13(19)17(21)23-18(14(15)20)25-16(12-8-9-22-10-12)11-6-4-3-5-7-11/h3-7,12,16,22H,8-10H2,1-2H3/t12-,16-/m1/s1. The van der Waals surface area contributed by atoms with Gasteiger partial charge in [0.15, 0.2) is 0 Å². The van der Waals surface area contributed by atoms with E-state index in [2.05, 4.69) is 10.3 Å². The van der Waals surface area contributed by atoms with Crippen LogP contribution in [0.2, 0.25) is 0 Å². The molecule has 2 heterocycles. The average Bonchev–Trinajstić information content (AvgIpc) is 3.12. The molecule has 1 saturated heterocycles.